The Hall–Kier alpha value is -2.70. The number of amides is 2. The number of benzene rings is 2. The van der Waals surface area contributed by atoms with Gasteiger partial charge in [-0.1, -0.05) is 42.5 Å². The largest absolute Gasteiger partial charge is 0.369 e. The first-order valence-electron chi connectivity index (χ1n) is 9.25. The summed E-state index contributed by atoms with van der Waals surface area (Å²) in [5, 5.41) is 2.85. The molecule has 1 aliphatic heterocycles. The first-order valence-corrected chi connectivity index (χ1v) is 9.25. The molecule has 1 aliphatic rings. The Morgan fingerprint density at radius 2 is 1.81 bits per heavy atom. The summed E-state index contributed by atoms with van der Waals surface area (Å²) in [5.74, 6) is -0.515. The Balaban J connectivity index is 1.55. The molecule has 2 aromatic rings. The Bertz CT molecular complexity index is 777. The number of carbonyl (C=O) groups excluding carboxylic acids is 2. The smallest absolute Gasteiger partial charge is 0.245 e. The van der Waals surface area contributed by atoms with E-state index in [1.54, 1.807) is 0 Å². The maximum Gasteiger partial charge on any atom is 0.245 e. The van der Waals surface area contributed by atoms with Crippen molar-refractivity contribution < 1.29 is 9.59 Å². The van der Waals surface area contributed by atoms with Gasteiger partial charge in [0.2, 0.25) is 11.8 Å². The van der Waals surface area contributed by atoms with Gasteiger partial charge in [-0.2, -0.15) is 0 Å². The number of nitrogens with zero attached hydrogens (tertiary/aromatic N) is 1. The zero-order valence-electron chi connectivity index (χ0n) is 15.3. The maximum atomic E-state index is 12.3. The average molecular weight is 366 g/mol. The molecule has 1 saturated heterocycles. The monoisotopic (exact) mass is 366 g/mol. The van der Waals surface area contributed by atoms with Crippen molar-refractivity contribution in [3.8, 4) is 0 Å². The lowest BCUT2D eigenvalue weighted by atomic mass is 9.97. The molecule has 27 heavy (non-hydrogen) atoms. The third kappa shape index (κ3) is 5.15. The predicted octanol–water partition coefficient (Wildman–Crippen LogP) is 2.02. The lowest BCUT2D eigenvalue weighted by Gasteiger charge is -2.31. The standard InChI is InChI=1S/C21H26N4O2/c22-19(16-5-2-1-3-6-16)21(27)24-18-10-8-15(9-11-18)13-25-12-4-7-17(14-25)20(23)26/h1-3,5-6,8-11,17,19H,4,7,12-14,22H2,(H2,23,26)(H,24,27). The molecule has 0 aromatic heterocycles. The first-order chi connectivity index (χ1) is 13.0. The summed E-state index contributed by atoms with van der Waals surface area (Å²) in [6.45, 7) is 2.44. The number of hydrogen-bond acceptors (Lipinski definition) is 4. The fourth-order valence-electron chi connectivity index (χ4n) is 3.41. The summed E-state index contributed by atoms with van der Waals surface area (Å²) >= 11 is 0. The molecular formula is C21H26N4O2. The van der Waals surface area contributed by atoms with E-state index >= 15 is 0 Å². The molecule has 3 rings (SSSR count). The van der Waals surface area contributed by atoms with Gasteiger partial charge in [0.25, 0.3) is 0 Å². The number of piperidine rings is 1. The lowest BCUT2D eigenvalue weighted by molar-refractivity contribution is -0.123. The van der Waals surface area contributed by atoms with Crippen molar-refractivity contribution in [1.29, 1.82) is 0 Å². The Labute approximate surface area is 159 Å². The summed E-state index contributed by atoms with van der Waals surface area (Å²) in [6.07, 6.45) is 1.86. The number of anilines is 1. The van der Waals surface area contributed by atoms with Crippen LogP contribution in [0, 0.1) is 5.92 Å². The molecule has 6 nitrogen and oxygen atoms in total. The highest BCUT2D eigenvalue weighted by molar-refractivity contribution is 5.95. The van der Waals surface area contributed by atoms with E-state index in [0.29, 0.717) is 12.2 Å². The van der Waals surface area contributed by atoms with Crippen LogP contribution in [0.25, 0.3) is 0 Å². The van der Waals surface area contributed by atoms with Gasteiger partial charge in [-0.3, -0.25) is 14.5 Å². The molecular weight excluding hydrogens is 340 g/mol. The number of carbonyl (C=O) groups is 2. The third-order valence-corrected chi connectivity index (χ3v) is 4.98. The van der Waals surface area contributed by atoms with E-state index in [1.807, 2.05) is 54.6 Å². The van der Waals surface area contributed by atoms with Crippen LogP contribution in [0.15, 0.2) is 54.6 Å². The van der Waals surface area contributed by atoms with Crippen molar-refractivity contribution in [3.05, 3.63) is 65.7 Å². The maximum absolute atomic E-state index is 12.3. The quantitative estimate of drug-likeness (QED) is 0.728. The molecule has 2 amide bonds. The van der Waals surface area contributed by atoms with Crippen molar-refractivity contribution in [2.24, 2.45) is 17.4 Å². The van der Waals surface area contributed by atoms with E-state index < -0.39 is 6.04 Å². The van der Waals surface area contributed by atoms with E-state index in [0.717, 1.165) is 37.1 Å². The van der Waals surface area contributed by atoms with Crippen LogP contribution in [0.5, 0.6) is 0 Å². The number of likely N-dealkylation sites (tertiary alicyclic amines) is 1. The molecule has 0 saturated carbocycles. The molecule has 142 valence electrons. The van der Waals surface area contributed by atoms with Crippen LogP contribution < -0.4 is 16.8 Å². The Morgan fingerprint density at radius 1 is 1.11 bits per heavy atom. The fraction of sp³-hybridized carbons (Fsp3) is 0.333. The van der Waals surface area contributed by atoms with Crippen LogP contribution in [0.2, 0.25) is 0 Å². The molecule has 0 spiro atoms. The normalized spacial score (nSPS) is 18.6. The minimum Gasteiger partial charge on any atom is -0.369 e. The van der Waals surface area contributed by atoms with Gasteiger partial charge in [0.05, 0.1) is 5.92 Å². The third-order valence-electron chi connectivity index (χ3n) is 4.98. The van der Waals surface area contributed by atoms with Crippen LogP contribution in [-0.2, 0) is 16.1 Å². The second-order valence-electron chi connectivity index (χ2n) is 7.05. The van der Waals surface area contributed by atoms with Gasteiger partial charge in [0, 0.05) is 18.8 Å². The number of hydrogen-bond donors (Lipinski definition) is 3. The molecule has 5 N–H and O–H groups in total. The SMILES string of the molecule is NC(=O)C1CCCN(Cc2ccc(NC(=O)C(N)c3ccccc3)cc2)C1. The topological polar surface area (TPSA) is 101 Å². The van der Waals surface area contributed by atoms with Crippen LogP contribution in [0.1, 0.15) is 30.0 Å². The van der Waals surface area contributed by atoms with Crippen LogP contribution in [0.3, 0.4) is 0 Å². The summed E-state index contributed by atoms with van der Waals surface area (Å²) in [4.78, 5) is 26.0. The Morgan fingerprint density at radius 3 is 2.48 bits per heavy atom. The Kier molecular flexibility index (Phi) is 6.21. The van der Waals surface area contributed by atoms with Gasteiger partial charge in [0.1, 0.15) is 6.04 Å². The van der Waals surface area contributed by atoms with Gasteiger partial charge >= 0.3 is 0 Å². The van der Waals surface area contributed by atoms with Crippen LogP contribution >= 0.6 is 0 Å². The molecule has 6 heteroatoms. The van der Waals surface area contributed by atoms with E-state index in [4.69, 9.17) is 11.5 Å². The minimum absolute atomic E-state index is 0.0585. The van der Waals surface area contributed by atoms with E-state index in [2.05, 4.69) is 10.2 Å². The zero-order chi connectivity index (χ0) is 19.2. The highest BCUT2D eigenvalue weighted by Crippen LogP contribution is 2.20. The van der Waals surface area contributed by atoms with Crippen LogP contribution in [0.4, 0.5) is 5.69 Å². The number of nitrogens with one attached hydrogen (secondary N) is 1. The summed E-state index contributed by atoms with van der Waals surface area (Å²) in [7, 11) is 0. The molecule has 2 atom stereocenters. The lowest BCUT2D eigenvalue weighted by Crippen LogP contribution is -2.40. The van der Waals surface area contributed by atoms with Crippen molar-refractivity contribution in [3.63, 3.8) is 0 Å². The fourth-order valence-corrected chi connectivity index (χ4v) is 3.41. The van der Waals surface area contributed by atoms with Gasteiger partial charge < -0.3 is 16.8 Å². The molecule has 1 fully saturated rings. The zero-order valence-corrected chi connectivity index (χ0v) is 15.3. The van der Waals surface area contributed by atoms with Crippen molar-refractivity contribution in [2.45, 2.75) is 25.4 Å². The molecule has 2 unspecified atom stereocenters. The predicted molar refractivity (Wildman–Crippen MR) is 106 cm³/mol. The van der Waals surface area contributed by atoms with Gasteiger partial charge in [-0.15, -0.1) is 0 Å². The van der Waals surface area contributed by atoms with Crippen molar-refractivity contribution >= 4 is 17.5 Å². The number of primary amides is 1. The van der Waals surface area contributed by atoms with E-state index in [1.165, 1.54) is 0 Å². The highest BCUT2D eigenvalue weighted by Gasteiger charge is 2.23. The van der Waals surface area contributed by atoms with Gasteiger partial charge in [-0.25, -0.2) is 0 Å². The van der Waals surface area contributed by atoms with Gasteiger partial charge in [-0.05, 0) is 42.6 Å². The molecule has 1 heterocycles. The van der Waals surface area contributed by atoms with Crippen molar-refractivity contribution in [2.75, 3.05) is 18.4 Å². The van der Waals surface area contributed by atoms with E-state index in [-0.39, 0.29) is 17.7 Å². The van der Waals surface area contributed by atoms with Crippen molar-refractivity contribution in [1.82, 2.24) is 4.90 Å². The molecule has 0 radical (unpaired) electrons. The molecule has 0 bridgehead atoms. The van der Waals surface area contributed by atoms with E-state index in [9.17, 15) is 9.59 Å². The molecule has 0 aliphatic carbocycles. The van der Waals surface area contributed by atoms with Crippen LogP contribution in [-0.4, -0.2) is 29.8 Å². The minimum atomic E-state index is -0.704. The first kappa shape index (κ1) is 19.1. The summed E-state index contributed by atoms with van der Waals surface area (Å²) in [5.41, 5.74) is 14.1. The average Bonchev–Trinajstić information content (AvgIpc) is 2.69. The molecule has 2 aromatic carbocycles. The second kappa shape index (κ2) is 8.79. The summed E-state index contributed by atoms with van der Waals surface area (Å²) < 4.78 is 0. The van der Waals surface area contributed by atoms with Gasteiger partial charge in [0.15, 0.2) is 0 Å². The number of nitrogens with two attached hydrogens (primary N) is 2. The number of rotatable bonds is 6. The highest BCUT2D eigenvalue weighted by atomic mass is 16.2. The second-order valence-corrected chi connectivity index (χ2v) is 7.05. The summed E-state index contributed by atoms with van der Waals surface area (Å²) in [6, 6.07) is 16.3.